The molecular formula is C20H18N2O4. The van der Waals surface area contributed by atoms with Crippen LogP contribution in [0.4, 0.5) is 5.69 Å². The Balaban J connectivity index is 1.59. The molecule has 1 atom stereocenters. The lowest BCUT2D eigenvalue weighted by atomic mass is 10.0. The summed E-state index contributed by atoms with van der Waals surface area (Å²) >= 11 is 0. The van der Waals surface area contributed by atoms with Gasteiger partial charge in [0.25, 0.3) is 0 Å². The molecule has 4 N–H and O–H groups in total. The van der Waals surface area contributed by atoms with E-state index in [4.69, 9.17) is 15.3 Å². The predicted octanol–water partition coefficient (Wildman–Crippen LogP) is 3.15. The molecule has 0 saturated heterocycles. The Morgan fingerprint density at radius 2 is 1.73 bits per heavy atom. The van der Waals surface area contributed by atoms with Crippen LogP contribution in [0.3, 0.4) is 0 Å². The number of amides is 1. The zero-order valence-electron chi connectivity index (χ0n) is 13.9. The Kier molecular flexibility index (Phi) is 5.15. The van der Waals surface area contributed by atoms with Crippen molar-refractivity contribution in [2.45, 2.75) is 12.5 Å². The maximum Gasteiger partial charge on any atom is 0.335 e. The van der Waals surface area contributed by atoms with Crippen LogP contribution in [0.2, 0.25) is 0 Å². The van der Waals surface area contributed by atoms with Gasteiger partial charge in [-0.05, 0) is 48.4 Å². The Morgan fingerprint density at radius 1 is 1.04 bits per heavy atom. The van der Waals surface area contributed by atoms with Crippen molar-refractivity contribution in [3.05, 3.63) is 78.1 Å². The van der Waals surface area contributed by atoms with Gasteiger partial charge in [0.2, 0.25) is 5.91 Å². The summed E-state index contributed by atoms with van der Waals surface area (Å²) < 4.78 is 5.34. The largest absolute Gasteiger partial charge is 0.478 e. The summed E-state index contributed by atoms with van der Waals surface area (Å²) in [5, 5.41) is 11.6. The molecule has 0 aliphatic carbocycles. The monoisotopic (exact) mass is 350 g/mol. The van der Waals surface area contributed by atoms with Crippen molar-refractivity contribution in [2.24, 2.45) is 5.73 Å². The second kappa shape index (κ2) is 7.67. The van der Waals surface area contributed by atoms with Gasteiger partial charge in [-0.15, -0.1) is 0 Å². The Bertz CT molecular complexity index is 885. The van der Waals surface area contributed by atoms with Crippen LogP contribution in [-0.4, -0.2) is 23.0 Å². The van der Waals surface area contributed by atoms with Crippen molar-refractivity contribution in [1.29, 1.82) is 0 Å². The first kappa shape index (κ1) is 17.4. The number of anilines is 1. The molecule has 0 aliphatic rings. The van der Waals surface area contributed by atoms with Crippen molar-refractivity contribution in [3.63, 3.8) is 0 Å². The number of hydrogen-bond donors (Lipinski definition) is 3. The first-order chi connectivity index (χ1) is 12.5. The van der Waals surface area contributed by atoms with E-state index in [9.17, 15) is 9.59 Å². The van der Waals surface area contributed by atoms with E-state index in [1.165, 1.54) is 24.3 Å². The highest BCUT2D eigenvalue weighted by molar-refractivity contribution is 5.95. The Morgan fingerprint density at radius 3 is 2.31 bits per heavy atom. The number of carbonyl (C=O) groups is 2. The highest BCUT2D eigenvalue weighted by Crippen LogP contribution is 2.20. The number of carboxylic acids is 1. The van der Waals surface area contributed by atoms with E-state index in [-0.39, 0.29) is 11.5 Å². The van der Waals surface area contributed by atoms with Crippen molar-refractivity contribution >= 4 is 17.6 Å². The van der Waals surface area contributed by atoms with Crippen LogP contribution in [0, 0.1) is 0 Å². The lowest BCUT2D eigenvalue weighted by Crippen LogP contribution is -2.37. The fourth-order valence-corrected chi connectivity index (χ4v) is 2.53. The third-order valence-electron chi connectivity index (χ3n) is 3.95. The van der Waals surface area contributed by atoms with Gasteiger partial charge in [0.15, 0.2) is 0 Å². The molecular weight excluding hydrogens is 332 g/mol. The van der Waals surface area contributed by atoms with Crippen LogP contribution in [0.5, 0.6) is 0 Å². The van der Waals surface area contributed by atoms with Gasteiger partial charge in [0.05, 0.1) is 17.9 Å². The van der Waals surface area contributed by atoms with E-state index in [2.05, 4.69) is 5.32 Å². The summed E-state index contributed by atoms with van der Waals surface area (Å²) in [4.78, 5) is 23.1. The number of nitrogens with one attached hydrogen (secondary N) is 1. The number of carbonyl (C=O) groups excluding carboxylic acids is 1. The molecule has 0 spiro atoms. The third kappa shape index (κ3) is 4.17. The minimum absolute atomic E-state index is 0.156. The fourth-order valence-electron chi connectivity index (χ4n) is 2.53. The van der Waals surface area contributed by atoms with Gasteiger partial charge in [-0.1, -0.05) is 24.3 Å². The lowest BCUT2D eigenvalue weighted by Gasteiger charge is -2.13. The molecule has 0 radical (unpaired) electrons. The minimum atomic E-state index is -1.02. The van der Waals surface area contributed by atoms with Gasteiger partial charge in [-0.25, -0.2) is 4.79 Å². The van der Waals surface area contributed by atoms with Gasteiger partial charge in [-0.3, -0.25) is 4.79 Å². The number of furan rings is 1. The van der Waals surface area contributed by atoms with Crippen molar-refractivity contribution in [3.8, 4) is 11.3 Å². The molecule has 1 heterocycles. The van der Waals surface area contributed by atoms with E-state index in [1.807, 2.05) is 36.4 Å². The molecule has 132 valence electrons. The predicted molar refractivity (Wildman–Crippen MR) is 97.9 cm³/mol. The van der Waals surface area contributed by atoms with Gasteiger partial charge in [0, 0.05) is 11.3 Å². The number of hydrogen-bond acceptors (Lipinski definition) is 4. The van der Waals surface area contributed by atoms with Gasteiger partial charge in [0.1, 0.15) is 5.76 Å². The van der Waals surface area contributed by atoms with Gasteiger partial charge >= 0.3 is 5.97 Å². The van der Waals surface area contributed by atoms with E-state index >= 15 is 0 Å². The smallest absolute Gasteiger partial charge is 0.335 e. The third-order valence-corrected chi connectivity index (χ3v) is 3.95. The summed E-state index contributed by atoms with van der Waals surface area (Å²) in [7, 11) is 0. The molecule has 6 nitrogen and oxygen atoms in total. The average molecular weight is 350 g/mol. The topological polar surface area (TPSA) is 106 Å². The summed E-state index contributed by atoms with van der Waals surface area (Å²) in [6, 6.07) is 16.6. The Labute approximate surface area is 150 Å². The molecule has 0 fully saturated rings. The van der Waals surface area contributed by atoms with E-state index in [1.54, 1.807) is 6.26 Å². The summed E-state index contributed by atoms with van der Waals surface area (Å²) in [5.74, 6) is -0.566. The number of rotatable bonds is 6. The quantitative estimate of drug-likeness (QED) is 0.633. The first-order valence-electron chi connectivity index (χ1n) is 8.05. The first-order valence-corrected chi connectivity index (χ1v) is 8.05. The number of aromatic carboxylic acids is 1. The molecule has 3 aromatic rings. The van der Waals surface area contributed by atoms with Crippen molar-refractivity contribution in [1.82, 2.24) is 0 Å². The SMILES string of the molecule is N[C@@H](Cc1ccc(-c2ccco2)cc1)C(=O)Nc1ccc(C(=O)O)cc1. The number of carboxylic acid groups (broad SMARTS) is 1. The molecule has 0 aliphatic heterocycles. The summed E-state index contributed by atoms with van der Waals surface area (Å²) in [6.45, 7) is 0. The molecule has 26 heavy (non-hydrogen) atoms. The number of benzene rings is 2. The summed E-state index contributed by atoms with van der Waals surface area (Å²) in [6.07, 6.45) is 2.00. The van der Waals surface area contributed by atoms with Gasteiger partial charge in [-0.2, -0.15) is 0 Å². The Hall–Kier alpha value is -3.38. The lowest BCUT2D eigenvalue weighted by molar-refractivity contribution is -0.117. The van der Waals surface area contributed by atoms with Gasteiger partial charge < -0.3 is 20.6 Å². The molecule has 0 unspecified atom stereocenters. The molecule has 0 saturated carbocycles. The maximum absolute atomic E-state index is 12.2. The van der Waals surface area contributed by atoms with Crippen LogP contribution < -0.4 is 11.1 Å². The highest BCUT2D eigenvalue weighted by atomic mass is 16.4. The van der Waals surface area contributed by atoms with Crippen LogP contribution in [0.15, 0.2) is 71.3 Å². The molecule has 1 aromatic heterocycles. The zero-order chi connectivity index (χ0) is 18.5. The summed E-state index contributed by atoms with van der Waals surface area (Å²) in [5.41, 5.74) is 8.53. The second-order valence-corrected chi connectivity index (χ2v) is 5.86. The van der Waals surface area contributed by atoms with Crippen LogP contribution in [-0.2, 0) is 11.2 Å². The molecule has 3 rings (SSSR count). The van der Waals surface area contributed by atoms with Crippen LogP contribution in [0.1, 0.15) is 15.9 Å². The molecule has 2 aromatic carbocycles. The number of nitrogens with two attached hydrogens (primary N) is 1. The normalized spacial score (nSPS) is 11.7. The molecule has 6 heteroatoms. The van der Waals surface area contributed by atoms with Crippen LogP contribution in [0.25, 0.3) is 11.3 Å². The van der Waals surface area contributed by atoms with E-state index in [0.29, 0.717) is 12.1 Å². The molecule has 0 bridgehead atoms. The van der Waals surface area contributed by atoms with E-state index < -0.39 is 12.0 Å². The standard InChI is InChI=1S/C20H18N2O4/c21-17(19(23)22-16-9-7-15(8-10-16)20(24)25)12-13-3-5-14(6-4-13)18-2-1-11-26-18/h1-11,17H,12,21H2,(H,22,23)(H,24,25)/t17-/m0/s1. The molecule has 1 amide bonds. The minimum Gasteiger partial charge on any atom is -0.478 e. The zero-order valence-corrected chi connectivity index (χ0v) is 13.9. The van der Waals surface area contributed by atoms with Crippen molar-refractivity contribution in [2.75, 3.05) is 5.32 Å². The van der Waals surface area contributed by atoms with E-state index in [0.717, 1.165) is 16.9 Å². The van der Waals surface area contributed by atoms with Crippen molar-refractivity contribution < 1.29 is 19.1 Å². The fraction of sp³-hybridized carbons (Fsp3) is 0.100. The maximum atomic E-state index is 12.2. The highest BCUT2D eigenvalue weighted by Gasteiger charge is 2.15. The van der Waals surface area contributed by atoms with Crippen LogP contribution >= 0.6 is 0 Å². The second-order valence-electron chi connectivity index (χ2n) is 5.86. The average Bonchev–Trinajstić information content (AvgIpc) is 3.17.